The Hall–Kier alpha value is -1.29. The van der Waals surface area contributed by atoms with E-state index < -0.39 is 5.97 Å². The third-order valence-electron chi connectivity index (χ3n) is 2.00. The first-order valence-corrected chi connectivity index (χ1v) is 5.64. The molecule has 0 saturated heterocycles. The largest absolute Gasteiger partial charge is 0.381 e. The van der Waals surface area contributed by atoms with E-state index in [1.54, 1.807) is 18.2 Å². The average molecular weight is 285 g/mol. The van der Waals surface area contributed by atoms with Gasteiger partial charge in [0, 0.05) is 5.57 Å². The second-order valence-electron chi connectivity index (χ2n) is 3.56. The van der Waals surface area contributed by atoms with E-state index in [2.05, 4.69) is 27.4 Å². The lowest BCUT2D eigenvalue weighted by molar-refractivity contribution is -0.209. The van der Waals surface area contributed by atoms with Crippen LogP contribution < -0.4 is 4.89 Å². The topological polar surface area (TPSA) is 35.5 Å². The fourth-order valence-electron chi connectivity index (χ4n) is 0.884. The van der Waals surface area contributed by atoms with Gasteiger partial charge in [-0.25, -0.2) is 9.68 Å². The zero-order valence-corrected chi connectivity index (χ0v) is 10.8. The highest BCUT2D eigenvalue weighted by Crippen LogP contribution is 2.24. The van der Waals surface area contributed by atoms with Crippen LogP contribution in [0.5, 0.6) is 5.75 Å². The molecular formula is C12H13BrO3. The van der Waals surface area contributed by atoms with Gasteiger partial charge in [0.25, 0.3) is 0 Å². The van der Waals surface area contributed by atoms with Crippen LogP contribution in [0.25, 0.3) is 0 Å². The minimum atomic E-state index is -0.550. The Morgan fingerprint density at radius 2 is 2.00 bits per heavy atom. The van der Waals surface area contributed by atoms with Crippen LogP contribution in [0.4, 0.5) is 0 Å². The van der Waals surface area contributed by atoms with E-state index in [1.807, 2.05) is 19.9 Å². The highest BCUT2D eigenvalue weighted by Gasteiger charge is 2.14. The molecule has 1 rings (SSSR count). The Labute approximate surface area is 103 Å². The van der Waals surface area contributed by atoms with Crippen LogP contribution in [0.15, 0.2) is 40.9 Å². The summed E-state index contributed by atoms with van der Waals surface area (Å²) in [5.74, 6) is -0.0616. The second-order valence-corrected chi connectivity index (χ2v) is 4.42. The van der Waals surface area contributed by atoms with Gasteiger partial charge in [-0.05, 0) is 34.0 Å². The van der Waals surface area contributed by atoms with Gasteiger partial charge in [-0.2, -0.15) is 0 Å². The number of hydrogen-bond acceptors (Lipinski definition) is 3. The lowest BCUT2D eigenvalue weighted by Gasteiger charge is -2.09. The van der Waals surface area contributed by atoms with Gasteiger partial charge in [0.05, 0.1) is 4.47 Å². The Morgan fingerprint density at radius 1 is 1.38 bits per heavy atom. The number of hydrogen-bond donors (Lipinski definition) is 0. The molecule has 1 aromatic carbocycles. The van der Waals surface area contributed by atoms with Crippen LogP contribution in [0, 0.1) is 5.92 Å². The van der Waals surface area contributed by atoms with E-state index in [1.165, 1.54) is 0 Å². The molecule has 0 atom stereocenters. The highest BCUT2D eigenvalue weighted by molar-refractivity contribution is 9.10. The number of para-hydroxylation sites is 1. The summed E-state index contributed by atoms with van der Waals surface area (Å²) in [7, 11) is 0. The van der Waals surface area contributed by atoms with Crippen LogP contribution in [-0.4, -0.2) is 5.97 Å². The van der Waals surface area contributed by atoms with Gasteiger partial charge >= 0.3 is 5.97 Å². The van der Waals surface area contributed by atoms with Crippen LogP contribution in [0.2, 0.25) is 0 Å². The summed E-state index contributed by atoms with van der Waals surface area (Å²) in [5, 5.41) is 0. The quantitative estimate of drug-likeness (QED) is 0.482. The zero-order valence-electron chi connectivity index (χ0n) is 9.20. The Morgan fingerprint density at radius 3 is 2.56 bits per heavy atom. The lowest BCUT2D eigenvalue weighted by atomic mass is 10.1. The molecule has 3 nitrogen and oxygen atoms in total. The van der Waals surface area contributed by atoms with E-state index >= 15 is 0 Å². The summed E-state index contributed by atoms with van der Waals surface area (Å²) in [5.41, 5.74) is 0.382. The maximum atomic E-state index is 11.4. The van der Waals surface area contributed by atoms with E-state index in [-0.39, 0.29) is 5.92 Å². The minimum Gasteiger partial charge on any atom is -0.285 e. The fourth-order valence-corrected chi connectivity index (χ4v) is 1.24. The van der Waals surface area contributed by atoms with Gasteiger partial charge in [-0.1, -0.05) is 32.6 Å². The molecule has 0 heterocycles. The molecule has 0 aliphatic heterocycles. The third kappa shape index (κ3) is 3.38. The first-order chi connectivity index (χ1) is 7.52. The summed E-state index contributed by atoms with van der Waals surface area (Å²) in [6.45, 7) is 7.35. The molecule has 4 heteroatoms. The molecule has 0 radical (unpaired) electrons. The van der Waals surface area contributed by atoms with Crippen molar-refractivity contribution in [2.45, 2.75) is 13.8 Å². The van der Waals surface area contributed by atoms with Gasteiger partial charge < -0.3 is 0 Å². The van der Waals surface area contributed by atoms with Crippen LogP contribution >= 0.6 is 15.9 Å². The fraction of sp³-hybridized carbons (Fsp3) is 0.250. The van der Waals surface area contributed by atoms with Gasteiger partial charge in [0.2, 0.25) is 0 Å². The van der Waals surface area contributed by atoms with Gasteiger partial charge in [0.1, 0.15) is 0 Å². The number of benzene rings is 1. The normalized spacial score (nSPS) is 10.0. The van der Waals surface area contributed by atoms with E-state index in [9.17, 15) is 4.79 Å². The molecule has 1 aromatic rings. The smallest absolute Gasteiger partial charge is 0.285 e. The van der Waals surface area contributed by atoms with Crippen molar-refractivity contribution < 1.29 is 14.6 Å². The summed E-state index contributed by atoms with van der Waals surface area (Å²) in [6.07, 6.45) is 0. The lowest BCUT2D eigenvalue weighted by Crippen LogP contribution is -2.13. The molecule has 0 amide bonds. The molecule has 0 aromatic heterocycles. The van der Waals surface area contributed by atoms with Crippen molar-refractivity contribution in [3.63, 3.8) is 0 Å². The Bertz CT molecular complexity index is 399. The van der Waals surface area contributed by atoms with Crippen LogP contribution in [0.1, 0.15) is 13.8 Å². The van der Waals surface area contributed by atoms with E-state index in [0.29, 0.717) is 11.3 Å². The minimum absolute atomic E-state index is 0.0373. The third-order valence-corrected chi connectivity index (χ3v) is 2.66. The zero-order chi connectivity index (χ0) is 12.1. The van der Waals surface area contributed by atoms with Crippen molar-refractivity contribution in [1.82, 2.24) is 0 Å². The van der Waals surface area contributed by atoms with Gasteiger partial charge in [-0.15, -0.1) is 0 Å². The number of rotatable bonds is 4. The number of carbonyl (C=O) groups excluding carboxylic acids is 1. The molecule has 0 N–H and O–H groups in total. The number of carbonyl (C=O) groups is 1. The second kappa shape index (κ2) is 5.70. The molecule has 0 bridgehead atoms. The molecule has 0 aliphatic rings. The number of halogens is 1. The summed E-state index contributed by atoms with van der Waals surface area (Å²) >= 11 is 3.27. The van der Waals surface area contributed by atoms with Crippen LogP contribution in [0.3, 0.4) is 0 Å². The van der Waals surface area contributed by atoms with Crippen LogP contribution in [-0.2, 0) is 9.68 Å². The molecule has 0 fully saturated rings. The van der Waals surface area contributed by atoms with Crippen molar-refractivity contribution in [2.75, 3.05) is 0 Å². The predicted molar refractivity (Wildman–Crippen MR) is 64.8 cm³/mol. The molecule has 0 aliphatic carbocycles. The van der Waals surface area contributed by atoms with Crippen molar-refractivity contribution in [1.29, 1.82) is 0 Å². The van der Waals surface area contributed by atoms with Crippen molar-refractivity contribution in [2.24, 2.45) is 5.92 Å². The monoisotopic (exact) mass is 284 g/mol. The first kappa shape index (κ1) is 12.8. The molecule has 0 unspecified atom stereocenters. The van der Waals surface area contributed by atoms with Gasteiger partial charge in [0.15, 0.2) is 5.75 Å². The molecule has 0 saturated carbocycles. The molecule has 0 spiro atoms. The molecule has 16 heavy (non-hydrogen) atoms. The SMILES string of the molecule is C=C(C(=O)OOc1ccccc1Br)C(C)C. The maximum absolute atomic E-state index is 11.4. The average Bonchev–Trinajstić information content (AvgIpc) is 2.26. The highest BCUT2D eigenvalue weighted by atomic mass is 79.9. The predicted octanol–water partition coefficient (Wildman–Crippen LogP) is 3.50. The molecule has 86 valence electrons. The van der Waals surface area contributed by atoms with E-state index in [4.69, 9.17) is 4.89 Å². The maximum Gasteiger partial charge on any atom is 0.381 e. The standard InChI is InChI=1S/C12H13BrO3/c1-8(2)9(3)12(14)16-15-11-7-5-4-6-10(11)13/h4-8H,3H2,1-2H3. The van der Waals surface area contributed by atoms with Gasteiger partial charge in [-0.3, -0.25) is 4.89 Å². The van der Waals surface area contributed by atoms with Crippen molar-refractivity contribution >= 4 is 21.9 Å². The van der Waals surface area contributed by atoms with E-state index in [0.717, 1.165) is 4.47 Å². The summed E-state index contributed by atoms with van der Waals surface area (Å²) in [6, 6.07) is 7.10. The molecular weight excluding hydrogens is 272 g/mol. The Kier molecular flexibility index (Phi) is 4.55. The first-order valence-electron chi connectivity index (χ1n) is 4.84. The summed E-state index contributed by atoms with van der Waals surface area (Å²) < 4.78 is 0.720. The van der Waals surface area contributed by atoms with Crippen molar-refractivity contribution in [3.8, 4) is 5.75 Å². The Balaban J connectivity index is 2.56. The van der Waals surface area contributed by atoms with Crippen molar-refractivity contribution in [3.05, 3.63) is 40.9 Å². The summed E-state index contributed by atoms with van der Waals surface area (Å²) in [4.78, 5) is 21.0.